The van der Waals surface area contributed by atoms with Gasteiger partial charge in [0, 0.05) is 29.9 Å². The molecule has 122 valence electrons. The van der Waals surface area contributed by atoms with E-state index in [1.165, 1.54) is 28.0 Å². The average molecular weight is 338 g/mol. The summed E-state index contributed by atoms with van der Waals surface area (Å²) in [5.74, 6) is 0.236. The van der Waals surface area contributed by atoms with Gasteiger partial charge >= 0.3 is 0 Å². The van der Waals surface area contributed by atoms with E-state index in [1.807, 2.05) is 31.8 Å². The highest BCUT2D eigenvalue weighted by Gasteiger charge is 2.26. The van der Waals surface area contributed by atoms with Gasteiger partial charge in [-0.2, -0.15) is 0 Å². The summed E-state index contributed by atoms with van der Waals surface area (Å²) >= 11 is 6.32. The Balaban J connectivity index is 1.89. The number of nitrogens with one attached hydrogen (secondary N) is 1. The first-order valence-corrected chi connectivity index (χ1v) is 8.60. The Bertz CT molecular complexity index is 873. The van der Waals surface area contributed by atoms with Crippen LogP contribution in [0.2, 0.25) is 5.02 Å². The van der Waals surface area contributed by atoms with Gasteiger partial charge in [0.05, 0.1) is 12.4 Å². The zero-order chi connectivity index (χ0) is 16.7. The number of rotatable bonds is 2. The van der Waals surface area contributed by atoms with Crippen LogP contribution in [-0.4, -0.2) is 15.6 Å². The van der Waals surface area contributed by atoms with Crippen LogP contribution in [0.15, 0.2) is 60.7 Å². The molecule has 24 heavy (non-hydrogen) atoms. The summed E-state index contributed by atoms with van der Waals surface area (Å²) in [6.07, 6.45) is 13.4. The summed E-state index contributed by atoms with van der Waals surface area (Å²) in [7, 11) is 2.04. The molecule has 1 unspecified atom stereocenters. The quantitative estimate of drug-likeness (QED) is 0.888. The highest BCUT2D eigenvalue weighted by atomic mass is 35.5. The summed E-state index contributed by atoms with van der Waals surface area (Å²) in [5, 5.41) is 4.26. The number of nitrogens with zero attached hydrogens (tertiary/aromatic N) is 2. The normalized spacial score (nSPS) is 20.2. The van der Waals surface area contributed by atoms with E-state index in [4.69, 9.17) is 11.6 Å². The fourth-order valence-corrected chi connectivity index (χ4v) is 3.82. The van der Waals surface area contributed by atoms with E-state index in [0.29, 0.717) is 6.04 Å². The molecule has 4 rings (SSSR count). The summed E-state index contributed by atoms with van der Waals surface area (Å²) < 4.78 is 2.09. The number of hydrogen-bond donors (Lipinski definition) is 1. The van der Waals surface area contributed by atoms with E-state index in [0.717, 1.165) is 11.4 Å². The molecule has 0 saturated heterocycles. The monoisotopic (exact) mass is 337 g/mol. The second-order valence-electron chi connectivity index (χ2n) is 6.50. The number of benzene rings is 1. The Morgan fingerprint density at radius 3 is 3.04 bits per heavy atom. The van der Waals surface area contributed by atoms with Crippen LogP contribution < -0.4 is 5.32 Å². The average Bonchev–Trinajstić information content (AvgIpc) is 2.93. The third-order valence-electron chi connectivity index (χ3n) is 4.98. The van der Waals surface area contributed by atoms with Gasteiger partial charge < -0.3 is 9.88 Å². The van der Waals surface area contributed by atoms with Crippen molar-refractivity contribution in [1.82, 2.24) is 14.9 Å². The Morgan fingerprint density at radius 1 is 1.38 bits per heavy atom. The van der Waals surface area contributed by atoms with E-state index < -0.39 is 0 Å². The number of halogens is 1. The number of aryl methyl sites for hydroxylation is 1. The number of allylic oxidation sites excluding steroid dienone is 3. The van der Waals surface area contributed by atoms with Crippen LogP contribution in [0, 0.1) is 0 Å². The maximum Gasteiger partial charge on any atom is 0.0945 e. The lowest BCUT2D eigenvalue weighted by atomic mass is 9.88. The van der Waals surface area contributed by atoms with Gasteiger partial charge in [0.15, 0.2) is 0 Å². The van der Waals surface area contributed by atoms with Gasteiger partial charge in [-0.05, 0) is 53.1 Å². The van der Waals surface area contributed by atoms with Crippen molar-refractivity contribution in [1.29, 1.82) is 0 Å². The third-order valence-corrected chi connectivity index (χ3v) is 5.21. The molecule has 2 aliphatic rings. The van der Waals surface area contributed by atoms with Crippen molar-refractivity contribution in [2.45, 2.75) is 25.3 Å². The Hall–Kier alpha value is -2.26. The van der Waals surface area contributed by atoms with Crippen LogP contribution in [0.4, 0.5) is 0 Å². The van der Waals surface area contributed by atoms with Crippen LogP contribution in [0.5, 0.6) is 0 Å². The van der Waals surface area contributed by atoms with Crippen LogP contribution >= 0.6 is 11.6 Å². The maximum atomic E-state index is 6.32. The lowest BCUT2D eigenvalue weighted by molar-refractivity contribution is 0.668. The van der Waals surface area contributed by atoms with Gasteiger partial charge in [0.1, 0.15) is 0 Å². The first-order valence-electron chi connectivity index (χ1n) is 8.23. The molecule has 0 spiro atoms. The van der Waals surface area contributed by atoms with Crippen molar-refractivity contribution in [3.8, 4) is 0 Å². The number of fused-ring (bicyclic) bond motifs is 2. The van der Waals surface area contributed by atoms with Gasteiger partial charge in [-0.1, -0.05) is 36.7 Å². The molecular weight excluding hydrogens is 318 g/mol. The third kappa shape index (κ3) is 2.59. The van der Waals surface area contributed by atoms with Crippen molar-refractivity contribution in [2.24, 2.45) is 7.05 Å². The minimum absolute atomic E-state index is 0.236. The zero-order valence-corrected chi connectivity index (χ0v) is 14.6. The molecule has 2 atom stereocenters. The summed E-state index contributed by atoms with van der Waals surface area (Å²) in [6.45, 7) is 2.24. The molecule has 0 saturated carbocycles. The second-order valence-corrected chi connectivity index (χ2v) is 6.94. The number of hydrogen-bond acceptors (Lipinski definition) is 2. The van der Waals surface area contributed by atoms with Gasteiger partial charge in [-0.15, -0.1) is 0 Å². The number of imidazole rings is 1. The van der Waals surface area contributed by atoms with Crippen molar-refractivity contribution in [2.75, 3.05) is 0 Å². The van der Waals surface area contributed by atoms with Gasteiger partial charge in [0.25, 0.3) is 0 Å². The molecule has 0 bridgehead atoms. The summed E-state index contributed by atoms with van der Waals surface area (Å²) in [5.41, 5.74) is 6.38. The van der Waals surface area contributed by atoms with Crippen molar-refractivity contribution in [3.05, 3.63) is 82.6 Å². The zero-order valence-electron chi connectivity index (χ0n) is 13.8. The predicted molar refractivity (Wildman–Crippen MR) is 98.9 cm³/mol. The van der Waals surface area contributed by atoms with E-state index in [2.05, 4.69) is 52.2 Å². The number of dihydropyridines is 1. The fraction of sp³-hybridized carbons (Fsp3) is 0.250. The number of aromatic nitrogens is 2. The lowest BCUT2D eigenvalue weighted by Crippen LogP contribution is -2.29. The molecular formula is C20H20ClN3. The SMILES string of the molecule is C[C@H](C1=CC2=CC=CNC2Cc2ccc(Cl)cc21)c1cncn1C. The molecule has 2 aromatic rings. The minimum Gasteiger partial charge on any atom is -0.384 e. The van der Waals surface area contributed by atoms with Gasteiger partial charge in [-0.25, -0.2) is 4.98 Å². The van der Waals surface area contributed by atoms with Crippen molar-refractivity contribution < 1.29 is 0 Å². The molecule has 2 heterocycles. The molecule has 0 radical (unpaired) electrons. The van der Waals surface area contributed by atoms with Crippen LogP contribution in [0.25, 0.3) is 5.57 Å². The largest absolute Gasteiger partial charge is 0.384 e. The molecule has 1 N–H and O–H groups in total. The van der Waals surface area contributed by atoms with Crippen LogP contribution in [0.1, 0.15) is 29.7 Å². The highest BCUT2D eigenvalue weighted by Crippen LogP contribution is 2.39. The van der Waals surface area contributed by atoms with Gasteiger partial charge in [0.2, 0.25) is 0 Å². The second kappa shape index (κ2) is 5.99. The summed E-state index contributed by atoms with van der Waals surface area (Å²) in [6, 6.07) is 6.55. The Labute approximate surface area is 147 Å². The molecule has 3 nitrogen and oxygen atoms in total. The minimum atomic E-state index is 0.236. The lowest BCUT2D eigenvalue weighted by Gasteiger charge is -2.20. The molecule has 0 fully saturated rings. The molecule has 1 aromatic carbocycles. The first kappa shape index (κ1) is 15.3. The highest BCUT2D eigenvalue weighted by molar-refractivity contribution is 6.30. The maximum absolute atomic E-state index is 6.32. The van der Waals surface area contributed by atoms with E-state index in [1.54, 1.807) is 0 Å². The summed E-state index contributed by atoms with van der Waals surface area (Å²) in [4.78, 5) is 4.29. The fourth-order valence-electron chi connectivity index (χ4n) is 3.64. The molecule has 1 aliphatic heterocycles. The van der Waals surface area contributed by atoms with E-state index in [9.17, 15) is 0 Å². The van der Waals surface area contributed by atoms with Crippen molar-refractivity contribution >= 4 is 17.2 Å². The Morgan fingerprint density at radius 2 is 2.25 bits per heavy atom. The smallest absolute Gasteiger partial charge is 0.0945 e. The molecule has 1 aliphatic carbocycles. The molecule has 1 aromatic heterocycles. The van der Waals surface area contributed by atoms with Crippen molar-refractivity contribution in [3.63, 3.8) is 0 Å². The Kier molecular flexibility index (Phi) is 3.81. The molecule has 0 amide bonds. The van der Waals surface area contributed by atoms with Gasteiger partial charge in [-0.3, -0.25) is 0 Å². The predicted octanol–water partition coefficient (Wildman–Crippen LogP) is 4.23. The van der Waals surface area contributed by atoms with Crippen LogP contribution in [0.3, 0.4) is 0 Å². The van der Waals surface area contributed by atoms with Crippen LogP contribution in [-0.2, 0) is 13.5 Å². The van der Waals surface area contributed by atoms with E-state index >= 15 is 0 Å². The standard InChI is InChI=1S/C20H20ClN3/c1-13(20-11-22-12-24(20)2)17-8-15-4-3-7-23-19(15)9-14-5-6-16(21)10-18(14)17/h3-8,10-13,19,23H,9H2,1-2H3/t13-,19?/m1/s1. The first-order chi connectivity index (χ1) is 11.6. The topological polar surface area (TPSA) is 29.9 Å². The van der Waals surface area contributed by atoms with E-state index in [-0.39, 0.29) is 5.92 Å². The molecule has 4 heteroatoms.